The predicted molar refractivity (Wildman–Crippen MR) is 110 cm³/mol. The average molecular weight is 381 g/mol. The maximum atomic E-state index is 12.4. The van der Waals surface area contributed by atoms with Crippen LogP contribution in [0.1, 0.15) is 35.5 Å². The zero-order valence-corrected chi connectivity index (χ0v) is 16.7. The van der Waals surface area contributed by atoms with Gasteiger partial charge in [-0.05, 0) is 32.4 Å². The number of aromatic nitrogens is 2. The fraction of sp³-hybridized carbons (Fsp3) is 0.429. The van der Waals surface area contributed by atoms with Crippen molar-refractivity contribution in [2.24, 2.45) is 0 Å². The van der Waals surface area contributed by atoms with Gasteiger partial charge in [0.15, 0.2) is 5.78 Å². The van der Waals surface area contributed by atoms with Gasteiger partial charge in [-0.3, -0.25) is 14.5 Å². The molecular weight excluding hydrogens is 354 g/mol. The maximum Gasteiger partial charge on any atom is 0.238 e. The minimum absolute atomic E-state index is 0.0152. The number of carbonyl (C=O) groups is 2. The van der Waals surface area contributed by atoms with E-state index in [0.717, 1.165) is 44.1 Å². The van der Waals surface area contributed by atoms with Crippen molar-refractivity contribution in [3.8, 4) is 0 Å². The lowest BCUT2D eigenvalue weighted by atomic mass is 10.1. The van der Waals surface area contributed by atoms with Crippen LogP contribution >= 0.6 is 0 Å². The summed E-state index contributed by atoms with van der Waals surface area (Å²) in [5, 5.41) is 2.89. The smallest absolute Gasteiger partial charge is 0.238 e. The van der Waals surface area contributed by atoms with Crippen molar-refractivity contribution in [2.45, 2.75) is 27.2 Å². The first-order valence-electron chi connectivity index (χ1n) is 9.66. The third kappa shape index (κ3) is 4.72. The number of Topliss-reactive ketones (excluding diaryl/α,β-unsaturated/α-hetero) is 1. The Morgan fingerprint density at radius 2 is 1.89 bits per heavy atom. The number of benzene rings is 1. The second-order valence-corrected chi connectivity index (χ2v) is 7.06. The minimum Gasteiger partial charge on any atom is -0.354 e. The van der Waals surface area contributed by atoms with Crippen LogP contribution in [0.15, 0.2) is 30.6 Å². The first-order chi connectivity index (χ1) is 13.5. The van der Waals surface area contributed by atoms with Gasteiger partial charge in [-0.15, -0.1) is 0 Å². The Bertz CT molecular complexity index is 860. The van der Waals surface area contributed by atoms with Crippen LogP contribution in [0.2, 0.25) is 0 Å². The Morgan fingerprint density at radius 1 is 1.14 bits per heavy atom. The molecule has 0 radical (unpaired) electrons. The van der Waals surface area contributed by atoms with Gasteiger partial charge in [-0.2, -0.15) is 0 Å². The molecule has 7 nitrogen and oxygen atoms in total. The van der Waals surface area contributed by atoms with Crippen LogP contribution in [-0.4, -0.2) is 59.3 Å². The van der Waals surface area contributed by atoms with Gasteiger partial charge in [0.1, 0.15) is 12.1 Å². The highest BCUT2D eigenvalue weighted by molar-refractivity contribution is 5.97. The van der Waals surface area contributed by atoms with Gasteiger partial charge in [0, 0.05) is 48.7 Å². The van der Waals surface area contributed by atoms with Gasteiger partial charge in [-0.25, -0.2) is 9.97 Å². The summed E-state index contributed by atoms with van der Waals surface area (Å²) in [6.45, 7) is 9.25. The van der Waals surface area contributed by atoms with Gasteiger partial charge < -0.3 is 10.2 Å². The van der Waals surface area contributed by atoms with Gasteiger partial charge in [0.05, 0.1) is 6.54 Å². The Hall–Kier alpha value is -2.80. The van der Waals surface area contributed by atoms with E-state index < -0.39 is 0 Å². The number of carbonyl (C=O) groups excluding carboxylic acids is 2. The van der Waals surface area contributed by atoms with Crippen molar-refractivity contribution in [3.63, 3.8) is 0 Å². The molecule has 0 atom stereocenters. The fourth-order valence-electron chi connectivity index (χ4n) is 3.51. The summed E-state index contributed by atoms with van der Waals surface area (Å²) < 4.78 is 0. The molecule has 7 heteroatoms. The molecule has 2 aromatic rings. The van der Waals surface area contributed by atoms with Crippen molar-refractivity contribution in [3.05, 3.63) is 47.4 Å². The second-order valence-electron chi connectivity index (χ2n) is 7.06. The lowest BCUT2D eigenvalue weighted by Gasteiger charge is -2.35. The summed E-state index contributed by atoms with van der Waals surface area (Å²) in [6, 6.07) is 7.03. The van der Waals surface area contributed by atoms with E-state index in [1.807, 2.05) is 6.92 Å². The van der Waals surface area contributed by atoms with E-state index >= 15 is 0 Å². The van der Waals surface area contributed by atoms with E-state index in [0.29, 0.717) is 17.8 Å². The number of hydrogen-bond donors (Lipinski definition) is 1. The molecule has 28 heavy (non-hydrogen) atoms. The summed E-state index contributed by atoms with van der Waals surface area (Å²) in [5.74, 6) is 0.931. The number of piperazine rings is 1. The lowest BCUT2D eigenvalue weighted by molar-refractivity contribution is -0.117. The van der Waals surface area contributed by atoms with Crippen molar-refractivity contribution in [1.29, 1.82) is 0 Å². The van der Waals surface area contributed by atoms with Crippen LogP contribution < -0.4 is 10.2 Å². The largest absolute Gasteiger partial charge is 0.354 e. The van der Waals surface area contributed by atoms with E-state index in [1.54, 1.807) is 30.6 Å². The number of anilines is 2. The normalized spacial score (nSPS) is 14.8. The van der Waals surface area contributed by atoms with E-state index in [-0.39, 0.29) is 11.7 Å². The van der Waals surface area contributed by atoms with Gasteiger partial charge in [0.2, 0.25) is 5.91 Å². The monoisotopic (exact) mass is 381 g/mol. The molecule has 1 N–H and O–H groups in total. The molecule has 1 amide bonds. The number of rotatable bonds is 6. The highest BCUT2D eigenvalue weighted by Gasteiger charge is 2.22. The number of aryl methyl sites for hydroxylation is 1. The van der Waals surface area contributed by atoms with Crippen molar-refractivity contribution in [1.82, 2.24) is 14.9 Å². The van der Waals surface area contributed by atoms with E-state index in [2.05, 4.69) is 32.0 Å². The third-order valence-electron chi connectivity index (χ3n) is 5.08. The van der Waals surface area contributed by atoms with Crippen molar-refractivity contribution < 1.29 is 9.59 Å². The van der Waals surface area contributed by atoms with Gasteiger partial charge in [0.25, 0.3) is 0 Å². The summed E-state index contributed by atoms with van der Waals surface area (Å²) in [5.41, 5.74) is 3.47. The summed E-state index contributed by atoms with van der Waals surface area (Å²) >= 11 is 0. The Kier molecular flexibility index (Phi) is 6.36. The number of nitrogens with one attached hydrogen (secondary N) is 1. The Morgan fingerprint density at radius 3 is 2.57 bits per heavy atom. The average Bonchev–Trinajstić information content (AvgIpc) is 2.68. The molecule has 1 fully saturated rings. The zero-order valence-electron chi connectivity index (χ0n) is 16.7. The van der Waals surface area contributed by atoms with E-state index in [4.69, 9.17) is 0 Å². The van der Waals surface area contributed by atoms with Crippen molar-refractivity contribution in [2.75, 3.05) is 42.9 Å². The molecule has 0 saturated carbocycles. The maximum absolute atomic E-state index is 12.4. The molecule has 2 heterocycles. The molecule has 0 bridgehead atoms. The third-order valence-corrected chi connectivity index (χ3v) is 5.08. The molecule has 148 valence electrons. The van der Waals surface area contributed by atoms with Gasteiger partial charge in [-0.1, -0.05) is 19.1 Å². The summed E-state index contributed by atoms with van der Waals surface area (Å²) in [7, 11) is 0. The highest BCUT2D eigenvalue weighted by Crippen LogP contribution is 2.21. The molecule has 1 aliphatic heterocycles. The van der Waals surface area contributed by atoms with Crippen LogP contribution in [0.4, 0.5) is 11.5 Å². The molecule has 1 saturated heterocycles. The van der Waals surface area contributed by atoms with E-state index in [9.17, 15) is 9.59 Å². The lowest BCUT2D eigenvalue weighted by Crippen LogP contribution is -2.49. The van der Waals surface area contributed by atoms with Crippen LogP contribution in [0.25, 0.3) is 0 Å². The molecule has 0 aliphatic carbocycles. The van der Waals surface area contributed by atoms with E-state index in [1.165, 1.54) is 12.5 Å². The minimum atomic E-state index is -0.0683. The highest BCUT2D eigenvalue weighted by atomic mass is 16.2. The standard InChI is InChI=1S/C21H27N5O2/c1-4-19-15(2)22-14-23-21(19)26-10-8-25(9-11-26)13-20(28)24-18-7-5-6-17(12-18)16(3)27/h5-7,12,14H,4,8-11,13H2,1-3H3,(H,24,28). The van der Waals surface area contributed by atoms with Crippen LogP contribution in [0.3, 0.4) is 0 Å². The van der Waals surface area contributed by atoms with Crippen LogP contribution in [-0.2, 0) is 11.2 Å². The SMILES string of the molecule is CCc1c(C)ncnc1N1CCN(CC(=O)Nc2cccc(C(C)=O)c2)CC1. The fourth-order valence-corrected chi connectivity index (χ4v) is 3.51. The first-order valence-corrected chi connectivity index (χ1v) is 9.66. The molecular formula is C21H27N5O2. The molecule has 1 aromatic heterocycles. The topological polar surface area (TPSA) is 78.4 Å². The number of amides is 1. The second kappa shape index (κ2) is 8.93. The first kappa shape index (κ1) is 19.9. The summed E-state index contributed by atoms with van der Waals surface area (Å²) in [6.07, 6.45) is 2.53. The Balaban J connectivity index is 1.54. The number of hydrogen-bond acceptors (Lipinski definition) is 6. The molecule has 1 aliphatic rings. The number of nitrogens with zero attached hydrogens (tertiary/aromatic N) is 4. The van der Waals surface area contributed by atoms with Gasteiger partial charge >= 0.3 is 0 Å². The Labute approximate surface area is 165 Å². The molecule has 1 aromatic carbocycles. The van der Waals surface area contributed by atoms with Crippen LogP contribution in [0, 0.1) is 6.92 Å². The van der Waals surface area contributed by atoms with Crippen molar-refractivity contribution >= 4 is 23.2 Å². The molecule has 0 unspecified atom stereocenters. The zero-order chi connectivity index (χ0) is 20.1. The molecule has 3 rings (SSSR count). The predicted octanol–water partition coefficient (Wildman–Crippen LogP) is 2.31. The number of ketones is 1. The molecule has 0 spiro atoms. The quantitative estimate of drug-likeness (QED) is 0.774. The summed E-state index contributed by atoms with van der Waals surface area (Å²) in [4.78, 5) is 37.1. The van der Waals surface area contributed by atoms with Crippen LogP contribution in [0.5, 0.6) is 0 Å².